The predicted molar refractivity (Wildman–Crippen MR) is 76.3 cm³/mol. The van der Waals surface area contributed by atoms with Gasteiger partial charge < -0.3 is 9.84 Å². The van der Waals surface area contributed by atoms with E-state index in [2.05, 4.69) is 15.9 Å². The Balaban J connectivity index is 1.95. The molecule has 0 bridgehead atoms. The lowest BCUT2D eigenvalue weighted by molar-refractivity contribution is -0.145. The molecule has 0 spiro atoms. The Bertz CT molecular complexity index is 432. The zero-order valence-electron chi connectivity index (χ0n) is 10.7. The summed E-state index contributed by atoms with van der Waals surface area (Å²) in [5, 5.41) is 9.37. The first-order chi connectivity index (χ1) is 9.16. The number of nitrogens with zero attached hydrogens (tertiary/aromatic N) is 1. The average molecular weight is 328 g/mol. The van der Waals surface area contributed by atoms with E-state index in [-0.39, 0.29) is 0 Å². The van der Waals surface area contributed by atoms with Crippen molar-refractivity contribution in [1.82, 2.24) is 4.90 Å². The van der Waals surface area contributed by atoms with Crippen LogP contribution < -0.4 is 0 Å². The monoisotopic (exact) mass is 327 g/mol. The summed E-state index contributed by atoms with van der Waals surface area (Å²) in [5.41, 5.74) is 1.16. The van der Waals surface area contributed by atoms with Crippen LogP contribution >= 0.6 is 15.9 Å². The molecule has 1 heterocycles. The Kier molecular flexibility index (Phi) is 5.36. The summed E-state index contributed by atoms with van der Waals surface area (Å²) in [6.45, 7) is 2.66. The second kappa shape index (κ2) is 7.03. The Morgan fingerprint density at radius 1 is 1.42 bits per heavy atom. The van der Waals surface area contributed by atoms with Crippen molar-refractivity contribution in [3.05, 3.63) is 34.3 Å². The number of carboxylic acids is 1. The fraction of sp³-hybridized carbons (Fsp3) is 0.500. The molecule has 1 fully saturated rings. The third-order valence-electron chi connectivity index (χ3n) is 3.37. The van der Waals surface area contributed by atoms with Crippen LogP contribution in [0.5, 0.6) is 0 Å². The number of morpholine rings is 1. The predicted octanol–water partition coefficient (Wildman–Crippen LogP) is 2.17. The van der Waals surface area contributed by atoms with Crippen molar-refractivity contribution in [3.8, 4) is 0 Å². The van der Waals surface area contributed by atoms with E-state index in [1.807, 2.05) is 29.2 Å². The van der Waals surface area contributed by atoms with E-state index in [9.17, 15) is 9.90 Å². The van der Waals surface area contributed by atoms with Gasteiger partial charge in [0, 0.05) is 17.6 Å². The highest BCUT2D eigenvalue weighted by atomic mass is 79.9. The topological polar surface area (TPSA) is 49.8 Å². The minimum Gasteiger partial charge on any atom is -0.480 e. The van der Waals surface area contributed by atoms with Crippen molar-refractivity contribution in [1.29, 1.82) is 0 Å². The second-order valence-corrected chi connectivity index (χ2v) is 5.59. The average Bonchev–Trinajstić information content (AvgIpc) is 2.40. The summed E-state index contributed by atoms with van der Waals surface area (Å²) >= 11 is 3.43. The summed E-state index contributed by atoms with van der Waals surface area (Å²) in [5.74, 6) is -0.739. The van der Waals surface area contributed by atoms with E-state index in [1.165, 1.54) is 0 Å². The molecule has 0 saturated carbocycles. The van der Waals surface area contributed by atoms with Crippen molar-refractivity contribution < 1.29 is 14.6 Å². The first-order valence-corrected chi connectivity index (χ1v) is 7.25. The van der Waals surface area contributed by atoms with E-state index in [4.69, 9.17) is 4.74 Å². The Morgan fingerprint density at radius 3 is 2.79 bits per heavy atom. The van der Waals surface area contributed by atoms with Gasteiger partial charge in [-0.25, -0.2) is 0 Å². The van der Waals surface area contributed by atoms with Gasteiger partial charge in [-0.3, -0.25) is 9.69 Å². The van der Waals surface area contributed by atoms with Gasteiger partial charge in [-0.2, -0.15) is 0 Å². The fourth-order valence-corrected chi connectivity index (χ4v) is 2.79. The lowest BCUT2D eigenvalue weighted by Gasteiger charge is -2.31. The normalized spacial score (nSPS) is 18.2. The molecule has 1 unspecified atom stereocenters. The molecular weight excluding hydrogens is 310 g/mol. The van der Waals surface area contributed by atoms with Crippen molar-refractivity contribution in [2.75, 3.05) is 26.3 Å². The van der Waals surface area contributed by atoms with Gasteiger partial charge in [0.1, 0.15) is 6.04 Å². The van der Waals surface area contributed by atoms with E-state index >= 15 is 0 Å². The maximum absolute atomic E-state index is 11.4. The molecule has 104 valence electrons. The Labute approximate surface area is 121 Å². The summed E-state index contributed by atoms with van der Waals surface area (Å²) in [6.07, 6.45) is 1.40. The van der Waals surface area contributed by atoms with Gasteiger partial charge in [-0.05, 0) is 30.5 Å². The van der Waals surface area contributed by atoms with Crippen LogP contribution in [-0.2, 0) is 16.0 Å². The Hall–Kier alpha value is -0.910. The molecule has 1 aliphatic heterocycles. The molecule has 19 heavy (non-hydrogen) atoms. The molecule has 1 aromatic rings. The molecular formula is C14H18BrNO3. The highest BCUT2D eigenvalue weighted by Crippen LogP contribution is 2.16. The first-order valence-electron chi connectivity index (χ1n) is 6.46. The molecule has 1 aliphatic rings. The minimum atomic E-state index is -0.739. The number of benzene rings is 1. The lowest BCUT2D eigenvalue weighted by Crippen LogP contribution is -2.47. The van der Waals surface area contributed by atoms with E-state index in [0.717, 1.165) is 16.5 Å². The molecule has 0 radical (unpaired) electrons. The molecule has 4 nitrogen and oxygen atoms in total. The number of halogens is 1. The number of carboxylic acid groups (broad SMARTS) is 1. The van der Waals surface area contributed by atoms with E-state index in [1.54, 1.807) is 0 Å². The maximum Gasteiger partial charge on any atom is 0.320 e. The summed E-state index contributed by atoms with van der Waals surface area (Å²) in [7, 11) is 0. The molecule has 2 rings (SSSR count). The van der Waals surface area contributed by atoms with Crippen molar-refractivity contribution in [2.45, 2.75) is 18.9 Å². The molecule has 5 heteroatoms. The van der Waals surface area contributed by atoms with Gasteiger partial charge in [-0.15, -0.1) is 0 Å². The van der Waals surface area contributed by atoms with Crippen LogP contribution in [0.2, 0.25) is 0 Å². The minimum absolute atomic E-state index is 0.414. The van der Waals surface area contributed by atoms with Gasteiger partial charge in [0.15, 0.2) is 0 Å². The fourth-order valence-electron chi connectivity index (χ4n) is 2.35. The van der Waals surface area contributed by atoms with Gasteiger partial charge in [0.05, 0.1) is 13.2 Å². The van der Waals surface area contributed by atoms with Crippen molar-refractivity contribution >= 4 is 21.9 Å². The molecule has 1 saturated heterocycles. The maximum atomic E-state index is 11.4. The van der Waals surface area contributed by atoms with E-state index < -0.39 is 12.0 Å². The number of aliphatic carboxylic acids is 1. The standard InChI is InChI=1S/C14H18BrNO3/c15-12-3-1-2-11(10-12)4-5-13(14(17)18)16-6-8-19-9-7-16/h1-3,10,13H,4-9H2,(H,17,18). The van der Waals surface area contributed by atoms with Crippen LogP contribution in [-0.4, -0.2) is 48.3 Å². The van der Waals surface area contributed by atoms with Crippen LogP contribution in [0.1, 0.15) is 12.0 Å². The van der Waals surface area contributed by atoms with Crippen molar-refractivity contribution in [2.24, 2.45) is 0 Å². The second-order valence-electron chi connectivity index (χ2n) is 4.67. The highest BCUT2D eigenvalue weighted by Gasteiger charge is 2.26. The van der Waals surface area contributed by atoms with Crippen LogP contribution in [0.15, 0.2) is 28.7 Å². The number of hydrogen-bond donors (Lipinski definition) is 1. The molecule has 0 amide bonds. The highest BCUT2D eigenvalue weighted by molar-refractivity contribution is 9.10. The number of aryl methyl sites for hydroxylation is 1. The van der Waals surface area contributed by atoms with Crippen LogP contribution in [0.3, 0.4) is 0 Å². The van der Waals surface area contributed by atoms with Gasteiger partial charge in [0.25, 0.3) is 0 Å². The molecule has 1 N–H and O–H groups in total. The molecule has 1 aromatic carbocycles. The lowest BCUT2D eigenvalue weighted by atomic mass is 10.0. The number of rotatable bonds is 5. The zero-order chi connectivity index (χ0) is 13.7. The number of ether oxygens (including phenoxy) is 1. The number of carbonyl (C=O) groups is 1. The molecule has 0 aliphatic carbocycles. The van der Waals surface area contributed by atoms with Crippen LogP contribution in [0, 0.1) is 0 Å². The summed E-state index contributed by atoms with van der Waals surface area (Å²) in [6, 6.07) is 7.61. The summed E-state index contributed by atoms with van der Waals surface area (Å²) < 4.78 is 6.30. The molecule has 1 atom stereocenters. The van der Waals surface area contributed by atoms with Crippen LogP contribution in [0.25, 0.3) is 0 Å². The van der Waals surface area contributed by atoms with Gasteiger partial charge in [0.2, 0.25) is 0 Å². The smallest absolute Gasteiger partial charge is 0.320 e. The van der Waals surface area contributed by atoms with Crippen molar-refractivity contribution in [3.63, 3.8) is 0 Å². The SMILES string of the molecule is O=C(O)C(CCc1cccc(Br)c1)N1CCOCC1. The zero-order valence-corrected chi connectivity index (χ0v) is 12.3. The molecule has 0 aromatic heterocycles. The van der Waals surface area contributed by atoms with Crippen LogP contribution in [0.4, 0.5) is 0 Å². The van der Waals surface area contributed by atoms with Gasteiger partial charge in [-0.1, -0.05) is 28.1 Å². The van der Waals surface area contributed by atoms with E-state index in [0.29, 0.717) is 32.7 Å². The third-order valence-corrected chi connectivity index (χ3v) is 3.86. The first kappa shape index (κ1) is 14.5. The number of hydrogen-bond acceptors (Lipinski definition) is 3. The van der Waals surface area contributed by atoms with Gasteiger partial charge >= 0.3 is 5.97 Å². The Morgan fingerprint density at radius 2 is 2.16 bits per heavy atom. The largest absolute Gasteiger partial charge is 0.480 e. The summed E-state index contributed by atoms with van der Waals surface area (Å²) in [4.78, 5) is 13.4. The quantitative estimate of drug-likeness (QED) is 0.900. The third kappa shape index (κ3) is 4.30.